The van der Waals surface area contributed by atoms with E-state index in [0.29, 0.717) is 0 Å². The van der Waals surface area contributed by atoms with Crippen LogP contribution in [0, 0.1) is 0 Å². The van der Waals surface area contributed by atoms with Crippen LogP contribution in [0.5, 0.6) is 0 Å². The first-order chi connectivity index (χ1) is 28.8. The van der Waals surface area contributed by atoms with E-state index in [1.165, 1.54) is 121 Å². The highest BCUT2D eigenvalue weighted by molar-refractivity contribution is 6.29. The highest BCUT2D eigenvalue weighted by Crippen LogP contribution is 2.59. The van der Waals surface area contributed by atoms with Crippen LogP contribution >= 0.6 is 0 Å². The maximum Gasteiger partial charge on any atom is -0.000741 e. The Kier molecular flexibility index (Phi) is 7.33. The maximum absolute atomic E-state index is 2.41. The Balaban J connectivity index is 1.18. The molecule has 11 aromatic rings. The standard InChI is InChI=1S/C58H36/c1-3-14-37(15-4-1)45-34-46(38-16-5-2-6-17-38)36-47(35-45)48-30-31-53-56-49(48)24-13-25-52(56)57-54(43-28-26-39-18-7-9-20-41(39)32-43)50-22-11-12-23-51(50)55(58(53)57)44-29-27-40-19-8-10-21-42(40)33-44/h1-36H. The molecule has 0 nitrogen and oxygen atoms in total. The van der Waals surface area contributed by atoms with Gasteiger partial charge in [-0.2, -0.15) is 0 Å². The van der Waals surface area contributed by atoms with Gasteiger partial charge in [-0.15, -0.1) is 0 Å². The van der Waals surface area contributed by atoms with Crippen molar-refractivity contribution in [1.29, 1.82) is 0 Å². The van der Waals surface area contributed by atoms with Crippen LogP contribution in [-0.4, -0.2) is 0 Å². The van der Waals surface area contributed by atoms with Gasteiger partial charge in [0.25, 0.3) is 0 Å². The lowest BCUT2D eigenvalue weighted by Gasteiger charge is -2.21. The molecule has 1 aliphatic rings. The number of benzene rings is 11. The minimum absolute atomic E-state index is 1.21. The van der Waals surface area contributed by atoms with E-state index in [2.05, 4.69) is 218 Å². The lowest BCUT2D eigenvalue weighted by molar-refractivity contribution is 1.58. The minimum atomic E-state index is 1.21. The van der Waals surface area contributed by atoms with Gasteiger partial charge in [-0.3, -0.25) is 0 Å². The lowest BCUT2D eigenvalue weighted by Crippen LogP contribution is -1.94. The molecule has 11 aromatic carbocycles. The molecule has 0 heteroatoms. The van der Waals surface area contributed by atoms with Crippen LogP contribution in [0.25, 0.3) is 121 Å². The third-order valence-electron chi connectivity index (χ3n) is 12.3. The van der Waals surface area contributed by atoms with Gasteiger partial charge < -0.3 is 0 Å². The summed E-state index contributed by atoms with van der Waals surface area (Å²) in [5, 5.41) is 10.1. The highest BCUT2D eigenvalue weighted by atomic mass is 14.3. The van der Waals surface area contributed by atoms with Gasteiger partial charge in [-0.1, -0.05) is 188 Å². The van der Waals surface area contributed by atoms with Gasteiger partial charge >= 0.3 is 0 Å². The van der Waals surface area contributed by atoms with Gasteiger partial charge in [0.05, 0.1) is 0 Å². The first-order valence-electron chi connectivity index (χ1n) is 20.2. The van der Waals surface area contributed by atoms with E-state index in [1.54, 1.807) is 0 Å². The quantitative estimate of drug-likeness (QED) is 0.165. The van der Waals surface area contributed by atoms with Gasteiger partial charge in [0.2, 0.25) is 0 Å². The molecule has 0 fully saturated rings. The summed E-state index contributed by atoms with van der Waals surface area (Å²) in [5.74, 6) is 0. The fraction of sp³-hybridized carbons (Fsp3) is 0. The fourth-order valence-electron chi connectivity index (χ4n) is 9.72. The molecule has 0 saturated heterocycles. The third kappa shape index (κ3) is 5.09. The summed E-state index contributed by atoms with van der Waals surface area (Å²) < 4.78 is 0. The first kappa shape index (κ1) is 32.7. The van der Waals surface area contributed by atoms with E-state index < -0.39 is 0 Å². The maximum atomic E-state index is 2.41. The van der Waals surface area contributed by atoms with Gasteiger partial charge in [0.1, 0.15) is 0 Å². The molecule has 0 unspecified atom stereocenters. The van der Waals surface area contributed by atoms with Crippen molar-refractivity contribution in [2.24, 2.45) is 0 Å². The smallest absolute Gasteiger partial charge is 0.000741 e. The Bertz CT molecular complexity index is 3240. The molecule has 1 aliphatic carbocycles. The summed E-state index contributed by atoms with van der Waals surface area (Å²) in [7, 11) is 0. The molecule has 12 rings (SSSR count). The van der Waals surface area contributed by atoms with Crippen molar-refractivity contribution in [3.8, 4) is 77.9 Å². The fourth-order valence-corrected chi connectivity index (χ4v) is 9.72. The van der Waals surface area contributed by atoms with Gasteiger partial charge in [0, 0.05) is 0 Å². The molecule has 0 atom stereocenters. The highest BCUT2D eigenvalue weighted by Gasteiger charge is 2.31. The number of fused-ring (bicyclic) bond motifs is 6. The Morgan fingerprint density at radius 1 is 0.190 bits per heavy atom. The summed E-state index contributed by atoms with van der Waals surface area (Å²) in [5.41, 5.74) is 17.6. The number of hydrogen-bond donors (Lipinski definition) is 0. The summed E-state index contributed by atoms with van der Waals surface area (Å²) in [4.78, 5) is 0. The molecule has 0 heterocycles. The van der Waals surface area contributed by atoms with Crippen molar-refractivity contribution in [1.82, 2.24) is 0 Å². The first-order valence-corrected chi connectivity index (χ1v) is 20.2. The van der Waals surface area contributed by atoms with Gasteiger partial charge in [-0.05, 0) is 151 Å². The Morgan fingerprint density at radius 3 is 1.17 bits per heavy atom. The van der Waals surface area contributed by atoms with Crippen molar-refractivity contribution in [3.63, 3.8) is 0 Å². The monoisotopic (exact) mass is 732 g/mol. The molecule has 0 aromatic heterocycles. The summed E-state index contributed by atoms with van der Waals surface area (Å²) in [6.07, 6.45) is 0. The van der Waals surface area contributed by atoms with Crippen LogP contribution in [0.2, 0.25) is 0 Å². The molecule has 0 radical (unpaired) electrons. The van der Waals surface area contributed by atoms with Gasteiger partial charge in [0.15, 0.2) is 0 Å². The molecule has 0 spiro atoms. The molecular formula is C58H36. The van der Waals surface area contributed by atoms with Crippen molar-refractivity contribution < 1.29 is 0 Å². The number of rotatable bonds is 5. The normalized spacial score (nSPS) is 11.8. The lowest BCUT2D eigenvalue weighted by atomic mass is 9.82. The number of hydrogen-bond acceptors (Lipinski definition) is 0. The van der Waals surface area contributed by atoms with Crippen LogP contribution in [0.15, 0.2) is 218 Å². The second-order valence-electron chi connectivity index (χ2n) is 15.6. The second kappa shape index (κ2) is 13.0. The van der Waals surface area contributed by atoms with E-state index in [0.717, 1.165) is 0 Å². The largest absolute Gasteiger partial charge is 0.0622 e. The van der Waals surface area contributed by atoms with Crippen molar-refractivity contribution in [2.75, 3.05) is 0 Å². The van der Waals surface area contributed by atoms with E-state index in [4.69, 9.17) is 0 Å². The Labute approximate surface area is 337 Å². The van der Waals surface area contributed by atoms with E-state index in [9.17, 15) is 0 Å². The topological polar surface area (TPSA) is 0 Å². The predicted octanol–water partition coefficient (Wildman–Crippen LogP) is 16.3. The van der Waals surface area contributed by atoms with Gasteiger partial charge in [-0.25, -0.2) is 0 Å². The Morgan fingerprint density at radius 2 is 0.621 bits per heavy atom. The predicted molar refractivity (Wildman–Crippen MR) is 248 cm³/mol. The average Bonchev–Trinajstić information content (AvgIpc) is 3.63. The van der Waals surface area contributed by atoms with Crippen molar-refractivity contribution >= 4 is 43.1 Å². The van der Waals surface area contributed by atoms with Crippen LogP contribution in [0.1, 0.15) is 0 Å². The average molecular weight is 733 g/mol. The Hall–Kier alpha value is -7.54. The molecular weight excluding hydrogens is 697 g/mol. The van der Waals surface area contributed by atoms with E-state index in [-0.39, 0.29) is 0 Å². The molecule has 0 bridgehead atoms. The van der Waals surface area contributed by atoms with Crippen LogP contribution in [0.3, 0.4) is 0 Å². The van der Waals surface area contributed by atoms with Crippen LogP contribution < -0.4 is 0 Å². The molecule has 0 saturated carbocycles. The van der Waals surface area contributed by atoms with E-state index in [1.807, 2.05) is 0 Å². The zero-order valence-corrected chi connectivity index (χ0v) is 31.8. The van der Waals surface area contributed by atoms with Crippen molar-refractivity contribution in [2.45, 2.75) is 0 Å². The van der Waals surface area contributed by atoms with Crippen LogP contribution in [0.4, 0.5) is 0 Å². The second-order valence-corrected chi connectivity index (χ2v) is 15.6. The summed E-state index contributed by atoms with van der Waals surface area (Å²) in [6.45, 7) is 0. The molecule has 58 heavy (non-hydrogen) atoms. The minimum Gasteiger partial charge on any atom is -0.0622 e. The molecule has 0 aliphatic heterocycles. The zero-order chi connectivity index (χ0) is 38.2. The van der Waals surface area contributed by atoms with Crippen molar-refractivity contribution in [3.05, 3.63) is 218 Å². The molecule has 0 N–H and O–H groups in total. The third-order valence-corrected chi connectivity index (χ3v) is 12.3. The van der Waals surface area contributed by atoms with E-state index >= 15 is 0 Å². The van der Waals surface area contributed by atoms with Crippen LogP contribution in [-0.2, 0) is 0 Å². The SMILES string of the molecule is c1ccc(-c2cc(-c3ccccc3)cc(-c3ccc4c5c(cccc35)-c3c-4c(-c4ccc5ccccc5c4)c4ccccc4c3-c3ccc4ccccc4c3)c2)cc1. The molecule has 268 valence electrons. The zero-order valence-electron chi connectivity index (χ0n) is 31.8. The summed E-state index contributed by atoms with van der Waals surface area (Å²) in [6, 6.07) is 80.9. The molecule has 0 amide bonds. The summed E-state index contributed by atoms with van der Waals surface area (Å²) >= 11 is 0.